The Labute approximate surface area is 126 Å². The molecule has 1 atom stereocenters. The number of rotatable bonds is 10. The van der Waals surface area contributed by atoms with Crippen molar-refractivity contribution in [2.45, 2.75) is 32.7 Å². The molecule has 0 saturated carbocycles. The highest BCUT2D eigenvalue weighted by Gasteiger charge is 2.05. The van der Waals surface area contributed by atoms with Gasteiger partial charge in [-0.15, -0.1) is 0 Å². The third kappa shape index (κ3) is 7.82. The van der Waals surface area contributed by atoms with Crippen LogP contribution >= 0.6 is 11.6 Å². The van der Waals surface area contributed by atoms with E-state index >= 15 is 0 Å². The SMILES string of the molecule is CC(C)OCCNCC(O)COCc1ccccc1Cl. The van der Waals surface area contributed by atoms with E-state index in [2.05, 4.69) is 5.32 Å². The number of halogens is 1. The molecule has 1 unspecified atom stereocenters. The monoisotopic (exact) mass is 301 g/mol. The molecule has 1 aromatic rings. The van der Waals surface area contributed by atoms with Crippen LogP contribution in [0.1, 0.15) is 19.4 Å². The molecule has 114 valence electrons. The number of ether oxygens (including phenoxy) is 2. The Morgan fingerprint density at radius 2 is 2.05 bits per heavy atom. The van der Waals surface area contributed by atoms with Crippen molar-refractivity contribution >= 4 is 11.6 Å². The van der Waals surface area contributed by atoms with E-state index in [9.17, 15) is 5.11 Å². The third-order valence-electron chi connectivity index (χ3n) is 2.64. The van der Waals surface area contributed by atoms with Crippen molar-refractivity contribution in [1.82, 2.24) is 5.32 Å². The maximum atomic E-state index is 9.74. The van der Waals surface area contributed by atoms with Crippen molar-refractivity contribution in [2.75, 3.05) is 26.3 Å². The molecule has 0 aliphatic heterocycles. The first-order chi connectivity index (χ1) is 9.59. The normalized spacial score (nSPS) is 12.8. The number of benzene rings is 1. The summed E-state index contributed by atoms with van der Waals surface area (Å²) in [7, 11) is 0. The number of aliphatic hydroxyl groups excluding tert-OH is 1. The second-order valence-electron chi connectivity index (χ2n) is 4.88. The van der Waals surface area contributed by atoms with Crippen molar-refractivity contribution in [3.05, 3.63) is 34.9 Å². The fraction of sp³-hybridized carbons (Fsp3) is 0.600. The number of hydrogen-bond donors (Lipinski definition) is 2. The molecule has 5 heteroatoms. The van der Waals surface area contributed by atoms with Crippen LogP contribution in [0.2, 0.25) is 5.02 Å². The van der Waals surface area contributed by atoms with Crippen LogP contribution in [-0.2, 0) is 16.1 Å². The quantitative estimate of drug-likeness (QED) is 0.651. The Balaban J connectivity index is 2.05. The molecule has 0 fully saturated rings. The number of hydrogen-bond acceptors (Lipinski definition) is 4. The summed E-state index contributed by atoms with van der Waals surface area (Å²) in [5, 5.41) is 13.5. The molecule has 0 heterocycles. The molecule has 0 radical (unpaired) electrons. The van der Waals surface area contributed by atoms with Crippen molar-refractivity contribution in [1.29, 1.82) is 0 Å². The van der Waals surface area contributed by atoms with Gasteiger partial charge in [-0.1, -0.05) is 29.8 Å². The molecule has 0 aliphatic rings. The van der Waals surface area contributed by atoms with Crippen molar-refractivity contribution < 1.29 is 14.6 Å². The van der Waals surface area contributed by atoms with Crippen LogP contribution in [0.25, 0.3) is 0 Å². The molecule has 0 spiro atoms. The second kappa shape index (κ2) is 10.1. The lowest BCUT2D eigenvalue weighted by molar-refractivity contribution is 0.0266. The van der Waals surface area contributed by atoms with Crippen LogP contribution in [-0.4, -0.2) is 43.6 Å². The Hall–Kier alpha value is -0.650. The van der Waals surface area contributed by atoms with Gasteiger partial charge in [-0.05, 0) is 25.5 Å². The van der Waals surface area contributed by atoms with Gasteiger partial charge in [-0.2, -0.15) is 0 Å². The molecule has 0 bridgehead atoms. The van der Waals surface area contributed by atoms with Gasteiger partial charge < -0.3 is 19.9 Å². The second-order valence-corrected chi connectivity index (χ2v) is 5.29. The number of nitrogens with one attached hydrogen (secondary N) is 1. The molecule has 0 aromatic heterocycles. The standard InChI is InChI=1S/C15H24ClNO3/c1-12(2)20-8-7-17-9-14(18)11-19-10-13-5-3-4-6-15(13)16/h3-6,12,14,17-18H,7-11H2,1-2H3. The van der Waals surface area contributed by atoms with Gasteiger partial charge >= 0.3 is 0 Å². The molecule has 1 rings (SSSR count). The van der Waals surface area contributed by atoms with Crippen LogP contribution in [0.4, 0.5) is 0 Å². The fourth-order valence-electron chi connectivity index (χ4n) is 1.61. The van der Waals surface area contributed by atoms with Gasteiger partial charge in [0.2, 0.25) is 0 Å². The van der Waals surface area contributed by atoms with Crippen molar-refractivity contribution in [2.24, 2.45) is 0 Å². The minimum atomic E-state index is -0.531. The maximum absolute atomic E-state index is 9.74. The van der Waals surface area contributed by atoms with Crippen LogP contribution in [0.5, 0.6) is 0 Å². The largest absolute Gasteiger partial charge is 0.389 e. The van der Waals surface area contributed by atoms with Gasteiger partial charge in [0.15, 0.2) is 0 Å². The van der Waals surface area contributed by atoms with Crippen LogP contribution in [0, 0.1) is 0 Å². The van der Waals surface area contributed by atoms with Crippen LogP contribution < -0.4 is 5.32 Å². The Morgan fingerprint density at radius 1 is 1.30 bits per heavy atom. The van der Waals surface area contributed by atoms with Gasteiger partial charge in [0.1, 0.15) is 0 Å². The predicted molar refractivity (Wildman–Crippen MR) is 81.1 cm³/mol. The lowest BCUT2D eigenvalue weighted by Crippen LogP contribution is -2.32. The van der Waals surface area contributed by atoms with E-state index in [-0.39, 0.29) is 12.7 Å². The molecule has 0 saturated heterocycles. The Bertz CT molecular complexity index is 374. The summed E-state index contributed by atoms with van der Waals surface area (Å²) >= 11 is 6.01. The van der Waals surface area contributed by atoms with E-state index in [4.69, 9.17) is 21.1 Å². The van der Waals surface area contributed by atoms with E-state index in [1.165, 1.54) is 0 Å². The van der Waals surface area contributed by atoms with Crippen LogP contribution in [0.3, 0.4) is 0 Å². The molecule has 20 heavy (non-hydrogen) atoms. The minimum Gasteiger partial charge on any atom is -0.389 e. The summed E-state index contributed by atoms with van der Waals surface area (Å²) in [6.45, 7) is 6.54. The Morgan fingerprint density at radius 3 is 2.75 bits per heavy atom. The first-order valence-corrected chi connectivity index (χ1v) is 7.29. The summed E-state index contributed by atoms with van der Waals surface area (Å²) in [6.07, 6.45) is -0.294. The predicted octanol–water partition coefficient (Wildman–Crippen LogP) is 2.23. The minimum absolute atomic E-state index is 0.237. The highest BCUT2D eigenvalue weighted by atomic mass is 35.5. The lowest BCUT2D eigenvalue weighted by atomic mass is 10.2. The Kier molecular flexibility index (Phi) is 8.82. The maximum Gasteiger partial charge on any atom is 0.0897 e. The first kappa shape index (κ1) is 17.4. The van der Waals surface area contributed by atoms with Gasteiger partial charge in [-0.25, -0.2) is 0 Å². The zero-order valence-electron chi connectivity index (χ0n) is 12.1. The third-order valence-corrected chi connectivity index (χ3v) is 3.00. The zero-order chi connectivity index (χ0) is 14.8. The molecular formula is C15H24ClNO3. The molecular weight excluding hydrogens is 278 g/mol. The molecule has 2 N–H and O–H groups in total. The average molecular weight is 302 g/mol. The van der Waals surface area contributed by atoms with E-state index in [0.717, 1.165) is 12.1 Å². The topological polar surface area (TPSA) is 50.7 Å². The smallest absolute Gasteiger partial charge is 0.0897 e. The van der Waals surface area contributed by atoms with E-state index in [1.54, 1.807) is 0 Å². The molecule has 0 amide bonds. The van der Waals surface area contributed by atoms with Gasteiger partial charge in [0, 0.05) is 18.1 Å². The summed E-state index contributed by atoms with van der Waals surface area (Å²) in [4.78, 5) is 0. The van der Waals surface area contributed by atoms with Gasteiger partial charge in [0.05, 0.1) is 32.0 Å². The number of aliphatic hydroxyl groups is 1. The van der Waals surface area contributed by atoms with Crippen molar-refractivity contribution in [3.63, 3.8) is 0 Å². The summed E-state index contributed by atoms with van der Waals surface area (Å²) in [5.74, 6) is 0. The molecule has 1 aromatic carbocycles. The van der Waals surface area contributed by atoms with Crippen LogP contribution in [0.15, 0.2) is 24.3 Å². The first-order valence-electron chi connectivity index (χ1n) is 6.91. The van der Waals surface area contributed by atoms with Gasteiger partial charge in [0.25, 0.3) is 0 Å². The van der Waals surface area contributed by atoms with Gasteiger partial charge in [-0.3, -0.25) is 0 Å². The highest BCUT2D eigenvalue weighted by Crippen LogP contribution is 2.15. The average Bonchev–Trinajstić information content (AvgIpc) is 2.40. The zero-order valence-corrected chi connectivity index (χ0v) is 12.9. The van der Waals surface area contributed by atoms with E-state index < -0.39 is 6.10 Å². The van der Waals surface area contributed by atoms with E-state index in [0.29, 0.717) is 24.8 Å². The lowest BCUT2D eigenvalue weighted by Gasteiger charge is -2.13. The van der Waals surface area contributed by atoms with E-state index in [1.807, 2.05) is 38.1 Å². The highest BCUT2D eigenvalue weighted by molar-refractivity contribution is 6.31. The summed E-state index contributed by atoms with van der Waals surface area (Å²) < 4.78 is 10.8. The molecule has 0 aliphatic carbocycles. The summed E-state index contributed by atoms with van der Waals surface area (Å²) in [5.41, 5.74) is 0.930. The van der Waals surface area contributed by atoms with Crippen molar-refractivity contribution in [3.8, 4) is 0 Å². The summed E-state index contributed by atoms with van der Waals surface area (Å²) in [6, 6.07) is 7.53. The molecule has 4 nitrogen and oxygen atoms in total. The fourth-order valence-corrected chi connectivity index (χ4v) is 1.81.